The Balaban J connectivity index is 2.25. The van der Waals surface area contributed by atoms with Crippen LogP contribution >= 0.6 is 0 Å². The van der Waals surface area contributed by atoms with Gasteiger partial charge in [-0.15, -0.1) is 0 Å². The monoisotopic (exact) mass is 287 g/mol. The number of benzene rings is 1. The van der Waals surface area contributed by atoms with Gasteiger partial charge in [0.15, 0.2) is 6.04 Å². The highest BCUT2D eigenvalue weighted by molar-refractivity contribution is 6.10. The molecule has 6 heteroatoms. The third-order valence-electron chi connectivity index (χ3n) is 2.94. The maximum Gasteiger partial charge on any atom is 0.332 e. The predicted molar refractivity (Wildman–Crippen MR) is 79.7 cm³/mol. The fourth-order valence-corrected chi connectivity index (χ4v) is 1.90. The second-order valence-corrected chi connectivity index (χ2v) is 4.55. The first-order chi connectivity index (χ1) is 10.0. The summed E-state index contributed by atoms with van der Waals surface area (Å²) in [5.41, 5.74) is 7.56. The van der Waals surface area contributed by atoms with Crippen molar-refractivity contribution in [2.75, 3.05) is 11.9 Å². The predicted octanol–water partition coefficient (Wildman–Crippen LogP) is 1.37. The Kier molecular flexibility index (Phi) is 4.49. The zero-order valence-electron chi connectivity index (χ0n) is 11.9. The number of esters is 1. The van der Waals surface area contributed by atoms with Crippen molar-refractivity contribution in [2.24, 2.45) is 5.73 Å². The number of nitrogens with one attached hydrogen (secondary N) is 1. The lowest BCUT2D eigenvalue weighted by molar-refractivity contribution is -0.146. The van der Waals surface area contributed by atoms with Crippen molar-refractivity contribution in [3.63, 3.8) is 0 Å². The Morgan fingerprint density at radius 3 is 2.81 bits per heavy atom. The molecule has 0 aliphatic carbocycles. The van der Waals surface area contributed by atoms with Crippen LogP contribution in [-0.4, -0.2) is 29.5 Å². The minimum Gasteiger partial charge on any atom is -0.464 e. The number of hydrogen-bond donors (Lipinski definition) is 2. The molecule has 1 unspecified atom stereocenters. The minimum absolute atomic E-state index is 0.175. The number of aromatic nitrogens is 1. The van der Waals surface area contributed by atoms with E-state index in [1.165, 1.54) is 0 Å². The molecule has 1 heterocycles. The van der Waals surface area contributed by atoms with Crippen molar-refractivity contribution in [1.29, 1.82) is 0 Å². The van der Waals surface area contributed by atoms with Gasteiger partial charge in [-0.2, -0.15) is 0 Å². The molecular formula is C15H17N3O3. The van der Waals surface area contributed by atoms with Crippen LogP contribution in [0.1, 0.15) is 12.6 Å². The van der Waals surface area contributed by atoms with Crippen LogP contribution in [-0.2, 0) is 14.3 Å². The summed E-state index contributed by atoms with van der Waals surface area (Å²) in [6.45, 7) is 3.69. The van der Waals surface area contributed by atoms with Crippen molar-refractivity contribution in [3.05, 3.63) is 36.0 Å². The summed E-state index contributed by atoms with van der Waals surface area (Å²) >= 11 is 0. The van der Waals surface area contributed by atoms with E-state index in [0.29, 0.717) is 11.2 Å². The molecule has 1 aromatic heterocycles. The van der Waals surface area contributed by atoms with Gasteiger partial charge < -0.3 is 15.8 Å². The molecule has 2 rings (SSSR count). The molecule has 0 aliphatic rings. The van der Waals surface area contributed by atoms with Crippen LogP contribution in [0.15, 0.2) is 30.3 Å². The van der Waals surface area contributed by atoms with Crippen molar-refractivity contribution in [1.82, 2.24) is 4.98 Å². The SMILES string of the molecule is CCOC(=O)C(N)C(=O)Nc1cccc2ccc(C)nc12. The number of aryl methyl sites for hydroxylation is 1. The summed E-state index contributed by atoms with van der Waals surface area (Å²) in [6, 6.07) is 7.85. The van der Waals surface area contributed by atoms with Gasteiger partial charge in [-0.25, -0.2) is 4.79 Å². The van der Waals surface area contributed by atoms with Gasteiger partial charge in [0.1, 0.15) is 0 Å². The summed E-state index contributed by atoms with van der Waals surface area (Å²) < 4.78 is 4.73. The molecule has 0 fully saturated rings. The first-order valence-corrected chi connectivity index (χ1v) is 6.62. The van der Waals surface area contributed by atoms with E-state index in [1.54, 1.807) is 19.1 Å². The summed E-state index contributed by atoms with van der Waals surface area (Å²) in [5, 5.41) is 3.52. The van der Waals surface area contributed by atoms with Crippen LogP contribution in [0.25, 0.3) is 10.9 Å². The molecule has 3 N–H and O–H groups in total. The van der Waals surface area contributed by atoms with Crippen molar-refractivity contribution < 1.29 is 14.3 Å². The first kappa shape index (κ1) is 14.9. The molecule has 0 spiro atoms. The highest BCUT2D eigenvalue weighted by Crippen LogP contribution is 2.21. The van der Waals surface area contributed by atoms with Gasteiger partial charge >= 0.3 is 5.97 Å². The molecule has 1 atom stereocenters. The van der Waals surface area contributed by atoms with E-state index in [9.17, 15) is 9.59 Å². The van der Waals surface area contributed by atoms with Gasteiger partial charge in [0.05, 0.1) is 17.8 Å². The van der Waals surface area contributed by atoms with E-state index < -0.39 is 17.9 Å². The van der Waals surface area contributed by atoms with Crippen LogP contribution in [0.2, 0.25) is 0 Å². The Morgan fingerprint density at radius 1 is 1.33 bits per heavy atom. The highest BCUT2D eigenvalue weighted by Gasteiger charge is 2.24. The van der Waals surface area contributed by atoms with E-state index >= 15 is 0 Å². The Morgan fingerprint density at radius 2 is 2.10 bits per heavy atom. The number of nitrogens with two attached hydrogens (primary N) is 1. The average Bonchev–Trinajstić information content (AvgIpc) is 2.47. The van der Waals surface area contributed by atoms with Crippen molar-refractivity contribution >= 4 is 28.5 Å². The topological polar surface area (TPSA) is 94.3 Å². The van der Waals surface area contributed by atoms with Crippen LogP contribution in [0.4, 0.5) is 5.69 Å². The van der Waals surface area contributed by atoms with E-state index in [1.807, 2.05) is 25.1 Å². The summed E-state index contributed by atoms with van der Waals surface area (Å²) in [5.74, 6) is -1.37. The smallest absolute Gasteiger partial charge is 0.332 e. The van der Waals surface area contributed by atoms with Gasteiger partial charge in [0.25, 0.3) is 5.91 Å². The number of ether oxygens (including phenoxy) is 1. The molecule has 0 saturated heterocycles. The maximum absolute atomic E-state index is 12.0. The summed E-state index contributed by atoms with van der Waals surface area (Å²) in [7, 11) is 0. The normalized spacial score (nSPS) is 12.0. The average molecular weight is 287 g/mol. The Bertz CT molecular complexity index is 685. The molecule has 0 bridgehead atoms. The molecular weight excluding hydrogens is 270 g/mol. The zero-order chi connectivity index (χ0) is 15.4. The highest BCUT2D eigenvalue weighted by atomic mass is 16.5. The third-order valence-corrected chi connectivity index (χ3v) is 2.94. The third kappa shape index (κ3) is 3.35. The molecule has 1 amide bonds. The molecule has 1 aromatic carbocycles. The van der Waals surface area contributed by atoms with Crippen LogP contribution in [0.5, 0.6) is 0 Å². The summed E-state index contributed by atoms with van der Waals surface area (Å²) in [6.07, 6.45) is 0. The second kappa shape index (κ2) is 6.32. The van der Waals surface area contributed by atoms with Crippen LogP contribution < -0.4 is 11.1 Å². The van der Waals surface area contributed by atoms with Gasteiger partial charge in [0.2, 0.25) is 0 Å². The molecule has 2 aromatic rings. The van der Waals surface area contributed by atoms with Crippen LogP contribution in [0.3, 0.4) is 0 Å². The minimum atomic E-state index is -1.36. The molecule has 0 saturated carbocycles. The Hall–Kier alpha value is -2.47. The standard InChI is InChI=1S/C15H17N3O3/c1-3-21-15(20)12(16)14(19)18-11-6-4-5-10-8-7-9(2)17-13(10)11/h4-8,12H,3,16H2,1-2H3,(H,18,19). The van der Waals surface area contributed by atoms with Gasteiger partial charge in [-0.3, -0.25) is 9.78 Å². The molecule has 110 valence electrons. The second-order valence-electron chi connectivity index (χ2n) is 4.55. The number of amides is 1. The number of nitrogens with zero attached hydrogens (tertiary/aromatic N) is 1. The lowest BCUT2D eigenvalue weighted by Crippen LogP contribution is -2.43. The molecule has 6 nitrogen and oxygen atoms in total. The zero-order valence-corrected chi connectivity index (χ0v) is 11.9. The fraction of sp³-hybridized carbons (Fsp3) is 0.267. The maximum atomic E-state index is 12.0. The summed E-state index contributed by atoms with van der Waals surface area (Å²) in [4.78, 5) is 27.9. The quantitative estimate of drug-likeness (QED) is 0.654. The van der Waals surface area contributed by atoms with Crippen molar-refractivity contribution in [2.45, 2.75) is 19.9 Å². The number of hydrogen-bond acceptors (Lipinski definition) is 5. The van der Waals surface area contributed by atoms with Gasteiger partial charge in [-0.1, -0.05) is 18.2 Å². The number of anilines is 1. The first-order valence-electron chi connectivity index (χ1n) is 6.62. The van der Waals surface area contributed by atoms with E-state index in [4.69, 9.17) is 10.5 Å². The lowest BCUT2D eigenvalue weighted by atomic mass is 10.1. The Labute approximate surface area is 122 Å². The largest absolute Gasteiger partial charge is 0.464 e. The number of para-hydroxylation sites is 1. The van der Waals surface area contributed by atoms with E-state index in [0.717, 1.165) is 11.1 Å². The van der Waals surface area contributed by atoms with Crippen molar-refractivity contribution in [3.8, 4) is 0 Å². The molecule has 21 heavy (non-hydrogen) atoms. The van der Waals surface area contributed by atoms with E-state index in [2.05, 4.69) is 10.3 Å². The number of carbonyl (C=O) groups is 2. The molecule has 0 radical (unpaired) electrons. The van der Waals surface area contributed by atoms with Gasteiger partial charge in [-0.05, 0) is 26.0 Å². The van der Waals surface area contributed by atoms with Crippen LogP contribution in [0, 0.1) is 6.92 Å². The number of fused-ring (bicyclic) bond motifs is 1. The van der Waals surface area contributed by atoms with E-state index in [-0.39, 0.29) is 6.61 Å². The molecule has 0 aliphatic heterocycles. The number of pyridine rings is 1. The number of carbonyl (C=O) groups excluding carboxylic acids is 2. The van der Waals surface area contributed by atoms with Gasteiger partial charge in [0, 0.05) is 11.1 Å². The fourth-order valence-electron chi connectivity index (χ4n) is 1.90. The lowest BCUT2D eigenvalue weighted by Gasteiger charge is -2.12. The number of rotatable bonds is 4.